The summed E-state index contributed by atoms with van der Waals surface area (Å²) < 4.78 is 5.29. The van der Waals surface area contributed by atoms with Crippen LogP contribution in [0.2, 0.25) is 0 Å². The fourth-order valence-corrected chi connectivity index (χ4v) is 3.28. The van der Waals surface area contributed by atoms with Gasteiger partial charge in [-0.1, -0.05) is 24.3 Å². The van der Waals surface area contributed by atoms with Crippen LogP contribution in [0.3, 0.4) is 0 Å². The molecule has 2 unspecified atom stereocenters. The Morgan fingerprint density at radius 3 is 2.72 bits per heavy atom. The van der Waals surface area contributed by atoms with Gasteiger partial charge >= 0.3 is 0 Å². The van der Waals surface area contributed by atoms with E-state index in [1.54, 1.807) is 18.2 Å². The normalized spacial score (nSPS) is 18.5. The summed E-state index contributed by atoms with van der Waals surface area (Å²) in [6.07, 6.45) is -0.0215. The first-order valence-corrected chi connectivity index (χ1v) is 8.22. The van der Waals surface area contributed by atoms with Crippen molar-refractivity contribution in [2.75, 3.05) is 7.11 Å². The second-order valence-corrected chi connectivity index (χ2v) is 6.28. The number of ketones is 1. The maximum absolute atomic E-state index is 12.5. The van der Waals surface area contributed by atoms with Gasteiger partial charge in [-0.25, -0.2) is 0 Å². The van der Waals surface area contributed by atoms with E-state index < -0.39 is 12.1 Å². The molecule has 5 heteroatoms. The Bertz CT molecular complexity index is 815. The second-order valence-electron chi connectivity index (χ2n) is 6.28. The summed E-state index contributed by atoms with van der Waals surface area (Å²) in [5.74, 6) is 0.275. The number of ether oxygens (including phenoxy) is 1. The Labute approximate surface area is 146 Å². The van der Waals surface area contributed by atoms with Crippen LogP contribution >= 0.6 is 0 Å². The van der Waals surface area contributed by atoms with Crippen molar-refractivity contribution in [1.29, 1.82) is 0 Å². The summed E-state index contributed by atoms with van der Waals surface area (Å²) in [6.45, 7) is 1.48. The molecule has 0 bridgehead atoms. The van der Waals surface area contributed by atoms with Crippen LogP contribution in [0.1, 0.15) is 40.0 Å². The van der Waals surface area contributed by atoms with Crippen LogP contribution in [0.25, 0.3) is 0 Å². The van der Waals surface area contributed by atoms with Gasteiger partial charge in [0.15, 0.2) is 5.78 Å². The Morgan fingerprint density at radius 1 is 1.24 bits per heavy atom. The largest absolute Gasteiger partial charge is 0.496 e. The lowest BCUT2D eigenvalue weighted by atomic mass is 10.0. The van der Waals surface area contributed by atoms with Gasteiger partial charge in [0.1, 0.15) is 5.75 Å². The van der Waals surface area contributed by atoms with Crippen LogP contribution in [-0.4, -0.2) is 30.0 Å². The summed E-state index contributed by atoms with van der Waals surface area (Å²) in [5, 5.41) is 13.2. The first-order valence-electron chi connectivity index (χ1n) is 8.22. The number of benzene rings is 2. The van der Waals surface area contributed by atoms with Crippen molar-refractivity contribution >= 4 is 11.7 Å². The van der Waals surface area contributed by atoms with E-state index in [4.69, 9.17) is 4.74 Å². The monoisotopic (exact) mass is 339 g/mol. The van der Waals surface area contributed by atoms with E-state index in [0.29, 0.717) is 23.3 Å². The molecular formula is C20H21NO4. The fraction of sp³-hybridized carbons (Fsp3) is 0.300. The first-order chi connectivity index (χ1) is 12.0. The number of amides is 1. The molecule has 0 aliphatic heterocycles. The van der Waals surface area contributed by atoms with Gasteiger partial charge in [-0.05, 0) is 36.2 Å². The molecule has 0 saturated heterocycles. The highest BCUT2D eigenvalue weighted by Gasteiger charge is 2.31. The number of methoxy groups -OCH3 is 1. The Morgan fingerprint density at radius 2 is 2.00 bits per heavy atom. The third kappa shape index (κ3) is 3.56. The highest BCUT2D eigenvalue weighted by Crippen LogP contribution is 2.31. The van der Waals surface area contributed by atoms with Crippen LogP contribution in [-0.2, 0) is 17.6 Å². The minimum absolute atomic E-state index is 0.0653. The SMILES string of the molecule is COc1ccc(C(C)=O)cc1CC(=O)NC1c2ccccc2CC1O. The Balaban J connectivity index is 1.77. The van der Waals surface area contributed by atoms with Crippen molar-refractivity contribution < 1.29 is 19.4 Å². The van der Waals surface area contributed by atoms with Crippen molar-refractivity contribution in [3.05, 3.63) is 64.7 Å². The van der Waals surface area contributed by atoms with Crippen LogP contribution in [0.15, 0.2) is 42.5 Å². The van der Waals surface area contributed by atoms with E-state index in [1.807, 2.05) is 24.3 Å². The summed E-state index contributed by atoms with van der Waals surface area (Å²) in [6, 6.07) is 12.4. The molecule has 2 aromatic rings. The summed E-state index contributed by atoms with van der Waals surface area (Å²) >= 11 is 0. The van der Waals surface area contributed by atoms with Gasteiger partial charge in [-0.15, -0.1) is 0 Å². The van der Waals surface area contributed by atoms with E-state index in [0.717, 1.165) is 11.1 Å². The summed E-state index contributed by atoms with van der Waals surface area (Å²) in [5.41, 5.74) is 3.19. The van der Waals surface area contributed by atoms with Crippen molar-refractivity contribution in [2.45, 2.75) is 31.9 Å². The van der Waals surface area contributed by atoms with E-state index in [2.05, 4.69) is 5.32 Å². The fourth-order valence-electron chi connectivity index (χ4n) is 3.28. The lowest BCUT2D eigenvalue weighted by Gasteiger charge is -2.18. The van der Waals surface area contributed by atoms with Gasteiger partial charge < -0.3 is 15.2 Å². The summed E-state index contributed by atoms with van der Waals surface area (Å²) in [4.78, 5) is 24.1. The predicted molar refractivity (Wildman–Crippen MR) is 93.7 cm³/mol. The first kappa shape index (κ1) is 17.2. The molecule has 2 aromatic carbocycles. The smallest absolute Gasteiger partial charge is 0.225 e. The molecular weight excluding hydrogens is 318 g/mol. The molecule has 0 aromatic heterocycles. The topological polar surface area (TPSA) is 75.6 Å². The number of aliphatic hydroxyl groups excluding tert-OH is 1. The van der Waals surface area contributed by atoms with Crippen LogP contribution in [0.4, 0.5) is 0 Å². The minimum atomic E-state index is -0.633. The average Bonchev–Trinajstić information content (AvgIpc) is 2.90. The highest BCUT2D eigenvalue weighted by atomic mass is 16.5. The van der Waals surface area contributed by atoms with E-state index >= 15 is 0 Å². The quantitative estimate of drug-likeness (QED) is 0.819. The molecule has 2 atom stereocenters. The number of rotatable bonds is 5. The third-order valence-electron chi connectivity index (χ3n) is 4.56. The highest BCUT2D eigenvalue weighted by molar-refractivity contribution is 5.94. The molecule has 1 aliphatic rings. The minimum Gasteiger partial charge on any atom is -0.496 e. The maximum atomic E-state index is 12.5. The van der Waals surface area contributed by atoms with Gasteiger partial charge in [-0.2, -0.15) is 0 Å². The van der Waals surface area contributed by atoms with Crippen LogP contribution in [0, 0.1) is 0 Å². The molecule has 2 N–H and O–H groups in total. The van der Waals surface area contributed by atoms with E-state index in [1.165, 1.54) is 14.0 Å². The number of hydrogen-bond donors (Lipinski definition) is 2. The van der Waals surface area contributed by atoms with E-state index in [-0.39, 0.29) is 18.1 Å². The number of Topliss-reactive ketones (excluding diaryl/α,β-unsaturated/α-hetero) is 1. The zero-order valence-corrected chi connectivity index (χ0v) is 14.3. The number of carbonyl (C=O) groups is 2. The molecule has 0 spiro atoms. The van der Waals surface area contributed by atoms with Gasteiger partial charge in [-0.3, -0.25) is 9.59 Å². The van der Waals surface area contributed by atoms with Gasteiger partial charge in [0, 0.05) is 17.5 Å². The molecule has 0 fully saturated rings. The lowest BCUT2D eigenvalue weighted by Crippen LogP contribution is -2.34. The van der Waals surface area contributed by atoms with Crippen LogP contribution in [0.5, 0.6) is 5.75 Å². The maximum Gasteiger partial charge on any atom is 0.225 e. The number of aliphatic hydroxyl groups is 1. The predicted octanol–water partition coefficient (Wildman–Crippen LogP) is 2.21. The molecule has 0 radical (unpaired) electrons. The Hall–Kier alpha value is -2.66. The molecule has 3 rings (SSSR count). The van der Waals surface area contributed by atoms with Crippen molar-refractivity contribution in [1.82, 2.24) is 5.32 Å². The van der Waals surface area contributed by atoms with Gasteiger partial charge in [0.2, 0.25) is 5.91 Å². The number of nitrogens with one attached hydrogen (secondary N) is 1. The molecule has 1 aliphatic carbocycles. The second kappa shape index (κ2) is 7.07. The zero-order valence-electron chi connectivity index (χ0n) is 14.3. The summed E-state index contributed by atoms with van der Waals surface area (Å²) in [7, 11) is 1.53. The zero-order chi connectivity index (χ0) is 18.0. The van der Waals surface area contributed by atoms with E-state index in [9.17, 15) is 14.7 Å². The molecule has 25 heavy (non-hydrogen) atoms. The van der Waals surface area contributed by atoms with Gasteiger partial charge in [0.05, 0.1) is 25.7 Å². The number of hydrogen-bond acceptors (Lipinski definition) is 4. The van der Waals surface area contributed by atoms with Gasteiger partial charge in [0.25, 0.3) is 0 Å². The standard InChI is InChI=1S/C20H21NO4/c1-12(22)13-7-8-18(25-2)15(9-13)11-19(24)21-20-16-6-4-3-5-14(16)10-17(20)23/h3-9,17,20,23H,10-11H2,1-2H3,(H,21,24). The third-order valence-corrected chi connectivity index (χ3v) is 4.56. The van der Waals surface area contributed by atoms with Crippen molar-refractivity contribution in [3.8, 4) is 5.75 Å². The molecule has 0 saturated carbocycles. The average molecular weight is 339 g/mol. The number of carbonyl (C=O) groups excluding carboxylic acids is 2. The molecule has 0 heterocycles. The molecule has 1 amide bonds. The lowest BCUT2D eigenvalue weighted by molar-refractivity contribution is -0.122. The van der Waals surface area contributed by atoms with Crippen LogP contribution < -0.4 is 10.1 Å². The molecule has 130 valence electrons. The van der Waals surface area contributed by atoms with Crippen molar-refractivity contribution in [3.63, 3.8) is 0 Å². The molecule has 5 nitrogen and oxygen atoms in total. The Kier molecular flexibility index (Phi) is 4.86. The van der Waals surface area contributed by atoms with Crippen molar-refractivity contribution in [2.24, 2.45) is 0 Å². The number of fused-ring (bicyclic) bond motifs is 1.